The van der Waals surface area contributed by atoms with E-state index in [9.17, 15) is 5.53 Å². The number of aryl methyl sites for hydroxylation is 2. The van der Waals surface area contributed by atoms with Crippen molar-refractivity contribution in [1.29, 1.82) is 0 Å². The molecule has 0 N–H and O–H groups in total. The molecule has 1 aliphatic rings. The number of nitrogens with zero attached hydrogens (tertiary/aromatic N) is 2. The topological polar surface area (TPSA) is 25.3 Å². The van der Waals surface area contributed by atoms with Crippen LogP contribution >= 0.6 is 0 Å². The molecule has 2 nitrogen and oxygen atoms in total. The molecule has 0 atom stereocenters. The quantitative estimate of drug-likeness (QED) is 0.0497. The van der Waals surface area contributed by atoms with Crippen LogP contribution in [-0.4, -0.2) is 4.70 Å². The highest BCUT2D eigenvalue weighted by molar-refractivity contribution is 5.79. The highest BCUT2D eigenvalue weighted by Gasteiger charge is 2.29. The largest absolute Gasteiger partial charge is 0.493 e. The Balaban J connectivity index is 1.36. The normalized spacial score (nSPS) is 13.3. The van der Waals surface area contributed by atoms with Gasteiger partial charge in [-0.05, 0) is 87.1 Å². The van der Waals surface area contributed by atoms with Crippen molar-refractivity contribution in [3.8, 4) is 0 Å². The van der Waals surface area contributed by atoms with Gasteiger partial charge in [0.15, 0.2) is 0 Å². The molecule has 1 aliphatic heterocycles. The second kappa shape index (κ2) is 25.3. The summed E-state index contributed by atoms with van der Waals surface area (Å²) in [4.78, 5) is 0. The molecule has 0 unspecified atom stereocenters. The van der Waals surface area contributed by atoms with Crippen molar-refractivity contribution in [2.75, 3.05) is 0 Å². The van der Waals surface area contributed by atoms with Crippen LogP contribution in [0.4, 0.5) is 0 Å². The molecule has 0 aromatic heterocycles. The van der Waals surface area contributed by atoms with Gasteiger partial charge in [0.05, 0.1) is 0 Å². The van der Waals surface area contributed by atoms with Crippen LogP contribution in [0.3, 0.4) is 0 Å². The van der Waals surface area contributed by atoms with E-state index < -0.39 is 0 Å². The minimum atomic E-state index is 0.925. The van der Waals surface area contributed by atoms with Crippen LogP contribution in [-0.2, 0) is 12.8 Å². The standard InChI is InChI=1S/C46H70N2/c1-4-7-10-11-12-13-14-15-16-17-18-19-20-21-22-23-24-25-26-27-34-41-35-28-29-37-44(41)45-39-43(33-9-6-3)46(48(45)47)42-36-30-32-40(38-42)31-8-5-2/h24-25,28-30,32,35-39H,4-23,26-27,31,33-34H2,1-3H3. The molecule has 0 spiro atoms. The molecule has 0 saturated heterocycles. The fourth-order valence-corrected chi connectivity index (χ4v) is 7.13. The van der Waals surface area contributed by atoms with Gasteiger partial charge in [-0.1, -0.05) is 166 Å². The molecule has 0 aliphatic carbocycles. The molecule has 0 fully saturated rings. The molecule has 0 radical (unpaired) electrons. The lowest BCUT2D eigenvalue weighted by Gasteiger charge is -2.13. The lowest BCUT2D eigenvalue weighted by Crippen LogP contribution is -2.05. The minimum absolute atomic E-state index is 0.925. The third kappa shape index (κ3) is 14.8. The molecule has 0 bridgehead atoms. The van der Waals surface area contributed by atoms with E-state index >= 15 is 0 Å². The molecule has 264 valence electrons. The Morgan fingerprint density at radius 2 is 1.10 bits per heavy atom. The van der Waals surface area contributed by atoms with Gasteiger partial charge in [-0.2, -0.15) is 0 Å². The van der Waals surface area contributed by atoms with Crippen LogP contribution < -0.4 is 0 Å². The molecule has 2 aromatic rings. The van der Waals surface area contributed by atoms with Gasteiger partial charge in [0.25, 0.3) is 0 Å². The first kappa shape index (κ1) is 39.7. The first-order valence-electron chi connectivity index (χ1n) is 20.5. The maximum atomic E-state index is 11.7. The monoisotopic (exact) mass is 651 g/mol. The van der Waals surface area contributed by atoms with Gasteiger partial charge in [-0.3, -0.25) is 0 Å². The van der Waals surface area contributed by atoms with E-state index in [1.54, 1.807) is 0 Å². The molecule has 2 heteroatoms. The lowest BCUT2D eigenvalue weighted by molar-refractivity contribution is -0.344. The van der Waals surface area contributed by atoms with Crippen LogP contribution in [0, 0.1) is 0 Å². The Hall–Kier alpha value is -2.74. The maximum Gasteiger partial charge on any atom is 0.210 e. The zero-order valence-corrected chi connectivity index (χ0v) is 31.4. The molecule has 0 saturated carbocycles. The van der Waals surface area contributed by atoms with Crippen molar-refractivity contribution in [3.05, 3.63) is 100 Å². The SMILES string of the molecule is CCCCCCCCCCCCCCCCCC=CCCCc1ccccc1C1=CC(CCCC)=C(c2cccc(CCCC)c2)[N+]1=[N-]. The Morgan fingerprint density at radius 3 is 1.75 bits per heavy atom. The van der Waals surface area contributed by atoms with Gasteiger partial charge in [0, 0.05) is 22.8 Å². The summed E-state index contributed by atoms with van der Waals surface area (Å²) in [5.41, 5.74) is 19.8. The molecular formula is C46H70N2. The zero-order chi connectivity index (χ0) is 34.1. The highest BCUT2D eigenvalue weighted by atomic mass is 15.2. The molecule has 0 amide bonds. The van der Waals surface area contributed by atoms with Gasteiger partial charge >= 0.3 is 0 Å². The maximum absolute atomic E-state index is 11.7. The van der Waals surface area contributed by atoms with Gasteiger partial charge in [0.2, 0.25) is 11.4 Å². The van der Waals surface area contributed by atoms with Crippen LogP contribution in [0.15, 0.2) is 72.3 Å². The fourth-order valence-electron chi connectivity index (χ4n) is 7.13. The number of allylic oxidation sites excluding steroid dienone is 4. The molecule has 3 rings (SSSR count). The highest BCUT2D eigenvalue weighted by Crippen LogP contribution is 2.38. The van der Waals surface area contributed by atoms with E-state index in [1.807, 2.05) is 0 Å². The van der Waals surface area contributed by atoms with Gasteiger partial charge in [-0.15, -0.1) is 0 Å². The van der Waals surface area contributed by atoms with Crippen LogP contribution in [0.5, 0.6) is 0 Å². The fraction of sp³-hybridized carbons (Fsp3) is 0.609. The number of hydrogen-bond acceptors (Lipinski definition) is 0. The van der Waals surface area contributed by atoms with Gasteiger partial charge in [-0.25, -0.2) is 4.70 Å². The second-order valence-corrected chi connectivity index (χ2v) is 14.4. The lowest BCUT2D eigenvalue weighted by atomic mass is 9.98. The van der Waals surface area contributed by atoms with Crippen LogP contribution in [0.2, 0.25) is 0 Å². The van der Waals surface area contributed by atoms with Crippen molar-refractivity contribution < 1.29 is 4.70 Å². The number of rotatable bonds is 28. The number of benzene rings is 2. The Labute approximate surface area is 296 Å². The van der Waals surface area contributed by atoms with E-state index in [1.165, 1.54) is 137 Å². The van der Waals surface area contributed by atoms with Gasteiger partial charge < -0.3 is 5.53 Å². The summed E-state index contributed by atoms with van der Waals surface area (Å²) >= 11 is 0. The molecule has 2 aromatic carbocycles. The average molecular weight is 651 g/mol. The summed E-state index contributed by atoms with van der Waals surface area (Å²) in [5, 5.41) is 0. The zero-order valence-electron chi connectivity index (χ0n) is 31.4. The average Bonchev–Trinajstić information content (AvgIpc) is 3.44. The second-order valence-electron chi connectivity index (χ2n) is 14.4. The first-order chi connectivity index (χ1) is 23.7. The number of hydrogen-bond donors (Lipinski definition) is 0. The van der Waals surface area contributed by atoms with Gasteiger partial charge in [0.1, 0.15) is 0 Å². The Kier molecular flexibility index (Phi) is 20.9. The van der Waals surface area contributed by atoms with Crippen molar-refractivity contribution in [1.82, 2.24) is 0 Å². The smallest absolute Gasteiger partial charge is 0.210 e. The minimum Gasteiger partial charge on any atom is -0.493 e. The van der Waals surface area contributed by atoms with Crippen molar-refractivity contribution in [3.63, 3.8) is 0 Å². The van der Waals surface area contributed by atoms with Crippen molar-refractivity contribution in [2.45, 2.75) is 181 Å². The van der Waals surface area contributed by atoms with E-state index in [0.29, 0.717) is 0 Å². The number of unbranched alkanes of at least 4 members (excludes halogenated alkanes) is 18. The van der Waals surface area contributed by atoms with Crippen molar-refractivity contribution in [2.24, 2.45) is 0 Å². The van der Waals surface area contributed by atoms with E-state index in [-0.39, 0.29) is 0 Å². The Morgan fingerprint density at radius 1 is 0.542 bits per heavy atom. The first-order valence-corrected chi connectivity index (χ1v) is 20.5. The summed E-state index contributed by atoms with van der Waals surface area (Å²) in [6.45, 7) is 6.78. The van der Waals surface area contributed by atoms with Crippen LogP contribution in [0.1, 0.15) is 191 Å². The molecular weight excluding hydrogens is 581 g/mol. The predicted molar refractivity (Wildman–Crippen MR) is 211 cm³/mol. The Bertz CT molecular complexity index is 1260. The summed E-state index contributed by atoms with van der Waals surface area (Å²) in [6.07, 6.45) is 39.6. The summed E-state index contributed by atoms with van der Waals surface area (Å²) < 4.78 is 1.49. The van der Waals surface area contributed by atoms with E-state index in [2.05, 4.69) is 87.5 Å². The predicted octanol–water partition coefficient (Wildman–Crippen LogP) is 15.2. The third-order valence-electron chi connectivity index (χ3n) is 10.1. The summed E-state index contributed by atoms with van der Waals surface area (Å²) in [5.74, 6) is 0. The molecule has 1 heterocycles. The van der Waals surface area contributed by atoms with E-state index in [4.69, 9.17) is 0 Å². The third-order valence-corrected chi connectivity index (χ3v) is 10.1. The van der Waals surface area contributed by atoms with Crippen molar-refractivity contribution >= 4 is 11.4 Å². The summed E-state index contributed by atoms with van der Waals surface area (Å²) in [7, 11) is 0. The van der Waals surface area contributed by atoms with Crippen LogP contribution in [0.25, 0.3) is 16.9 Å². The van der Waals surface area contributed by atoms with E-state index in [0.717, 1.165) is 67.5 Å². The summed E-state index contributed by atoms with van der Waals surface area (Å²) in [6, 6.07) is 17.5. The molecule has 48 heavy (non-hydrogen) atoms.